The summed E-state index contributed by atoms with van der Waals surface area (Å²) < 4.78 is 26.7. The van der Waals surface area contributed by atoms with Gasteiger partial charge in [-0.05, 0) is 29.8 Å². The van der Waals surface area contributed by atoms with E-state index in [0.717, 1.165) is 6.08 Å². The molecule has 1 saturated heterocycles. The molecule has 7 N–H and O–H groups in total. The van der Waals surface area contributed by atoms with Crippen LogP contribution in [0.5, 0.6) is 5.75 Å². The molecule has 2 heterocycles. The zero-order chi connectivity index (χ0) is 27.6. The van der Waals surface area contributed by atoms with Crippen LogP contribution in [0.2, 0.25) is 0 Å². The van der Waals surface area contributed by atoms with Crippen LogP contribution in [0.4, 0.5) is 0 Å². The molecule has 13 heteroatoms. The molecule has 2 aliphatic heterocycles. The van der Waals surface area contributed by atoms with Crippen molar-refractivity contribution in [3.63, 3.8) is 0 Å². The van der Waals surface area contributed by atoms with E-state index < -0.39 is 85.8 Å². The van der Waals surface area contributed by atoms with Crippen molar-refractivity contribution in [2.24, 2.45) is 11.8 Å². The van der Waals surface area contributed by atoms with Gasteiger partial charge in [-0.3, -0.25) is 0 Å². The van der Waals surface area contributed by atoms with Gasteiger partial charge in [0.05, 0.1) is 32.0 Å². The Kier molecular flexibility index (Phi) is 8.72. The van der Waals surface area contributed by atoms with E-state index in [-0.39, 0.29) is 0 Å². The van der Waals surface area contributed by atoms with Crippen LogP contribution in [0.1, 0.15) is 5.56 Å². The molecule has 13 nitrogen and oxygen atoms in total. The number of aliphatic hydroxyl groups is 7. The smallest absolute Gasteiger partial charge is 0.330 e. The topological polar surface area (TPSA) is 205 Å². The highest BCUT2D eigenvalue weighted by molar-refractivity contribution is 5.87. The van der Waals surface area contributed by atoms with Gasteiger partial charge in [-0.2, -0.15) is 0 Å². The normalized spacial score (nSPS) is 40.5. The summed E-state index contributed by atoms with van der Waals surface area (Å²) in [5.41, 5.74) is -1.58. The first-order valence-corrected chi connectivity index (χ1v) is 12.0. The maximum absolute atomic E-state index is 12.4. The summed E-state index contributed by atoms with van der Waals surface area (Å²) in [7, 11) is 1.53. The molecule has 2 fully saturated rings. The third kappa shape index (κ3) is 5.43. The summed E-state index contributed by atoms with van der Waals surface area (Å²) in [6.07, 6.45) is -7.53. The molecule has 38 heavy (non-hydrogen) atoms. The van der Waals surface area contributed by atoms with Crippen LogP contribution in [-0.4, -0.2) is 117 Å². The standard InChI is InChI=1S/C25H32O13/c1-34-13-5-2-12(3-6-13)4-7-16(27)36-11-25(33)17-14(18(28)22(25)32)8-9-35-23(17)38-24-21(31)20(30)19(29)15(10-26)37-24/h2-9,14-15,17-24,26,28-33H,10-11H2,1H3/b7-4+/t14-,15-,17-,18+,19-,20+,21-,22-,23+,24+,25-/m1/s1. The number of rotatable bonds is 8. The second kappa shape index (κ2) is 11.7. The molecule has 0 radical (unpaired) electrons. The van der Waals surface area contributed by atoms with Crippen molar-refractivity contribution in [3.8, 4) is 5.75 Å². The van der Waals surface area contributed by atoms with Crippen LogP contribution in [0, 0.1) is 11.8 Å². The van der Waals surface area contributed by atoms with Crippen molar-refractivity contribution in [1.82, 2.24) is 0 Å². The van der Waals surface area contributed by atoms with Crippen LogP contribution in [0.15, 0.2) is 42.7 Å². The Bertz CT molecular complexity index is 1010. The summed E-state index contributed by atoms with van der Waals surface area (Å²) in [5.74, 6) is -2.33. The molecule has 0 bridgehead atoms. The van der Waals surface area contributed by atoms with Gasteiger partial charge in [-0.15, -0.1) is 0 Å². The predicted octanol–water partition coefficient (Wildman–Crippen LogP) is -2.36. The average Bonchev–Trinajstić information content (AvgIpc) is 3.13. The third-order valence-electron chi connectivity index (χ3n) is 7.12. The Morgan fingerprint density at radius 2 is 1.74 bits per heavy atom. The summed E-state index contributed by atoms with van der Waals surface area (Å²) in [5, 5.41) is 72.5. The lowest BCUT2D eigenvalue weighted by Gasteiger charge is -2.44. The van der Waals surface area contributed by atoms with Crippen molar-refractivity contribution >= 4 is 12.0 Å². The number of hydrogen-bond donors (Lipinski definition) is 7. The molecule has 1 aliphatic carbocycles. The minimum atomic E-state index is -2.25. The lowest BCUT2D eigenvalue weighted by Crippen LogP contribution is -2.61. The molecule has 0 aromatic heterocycles. The second-order valence-corrected chi connectivity index (χ2v) is 9.41. The molecule has 0 amide bonds. The molecule has 1 aromatic rings. The molecule has 4 rings (SSSR count). The van der Waals surface area contributed by atoms with Gasteiger partial charge in [-0.1, -0.05) is 12.1 Å². The SMILES string of the molecule is COc1ccc(/C=C/C(=O)OC[C@@]2(O)[C@H]3[C@H](O[C@@H]4O[C@H](CO)[C@@H](O)[C@H](O)[C@H]4O)OC=C[C@H]3[C@H](O)[C@H]2O)cc1. The first-order valence-electron chi connectivity index (χ1n) is 12.0. The molecule has 1 aromatic carbocycles. The fourth-order valence-electron chi connectivity index (χ4n) is 4.92. The molecule has 0 unspecified atom stereocenters. The minimum absolute atomic E-state index is 0.638. The van der Waals surface area contributed by atoms with E-state index >= 15 is 0 Å². The quantitative estimate of drug-likeness (QED) is 0.136. The van der Waals surface area contributed by atoms with E-state index in [1.165, 1.54) is 25.5 Å². The van der Waals surface area contributed by atoms with E-state index in [4.69, 9.17) is 23.7 Å². The van der Waals surface area contributed by atoms with Gasteiger partial charge in [0.25, 0.3) is 0 Å². The number of aliphatic hydroxyl groups excluding tert-OH is 6. The summed E-state index contributed by atoms with van der Waals surface area (Å²) in [6.45, 7) is -1.44. The maximum Gasteiger partial charge on any atom is 0.330 e. The Morgan fingerprint density at radius 1 is 1.03 bits per heavy atom. The van der Waals surface area contributed by atoms with Gasteiger partial charge in [-0.25, -0.2) is 4.79 Å². The van der Waals surface area contributed by atoms with Crippen molar-refractivity contribution in [1.29, 1.82) is 0 Å². The van der Waals surface area contributed by atoms with Crippen molar-refractivity contribution in [2.75, 3.05) is 20.3 Å². The van der Waals surface area contributed by atoms with Crippen LogP contribution in [0.3, 0.4) is 0 Å². The maximum atomic E-state index is 12.4. The van der Waals surface area contributed by atoms with Gasteiger partial charge in [0.1, 0.15) is 48.5 Å². The van der Waals surface area contributed by atoms with Crippen LogP contribution in [0.25, 0.3) is 6.08 Å². The van der Waals surface area contributed by atoms with Gasteiger partial charge in [0.15, 0.2) is 6.29 Å². The number of carbonyl (C=O) groups is 1. The van der Waals surface area contributed by atoms with Crippen molar-refractivity contribution in [3.05, 3.63) is 48.2 Å². The highest BCUT2D eigenvalue weighted by Crippen LogP contribution is 2.47. The zero-order valence-electron chi connectivity index (χ0n) is 20.4. The molecular weight excluding hydrogens is 508 g/mol. The van der Waals surface area contributed by atoms with E-state index in [0.29, 0.717) is 11.3 Å². The first kappa shape index (κ1) is 28.4. The van der Waals surface area contributed by atoms with E-state index in [2.05, 4.69) is 0 Å². The average molecular weight is 541 g/mol. The molecule has 11 atom stereocenters. The number of hydrogen-bond acceptors (Lipinski definition) is 13. The van der Waals surface area contributed by atoms with Crippen LogP contribution < -0.4 is 4.74 Å². The number of esters is 1. The molecule has 210 valence electrons. The van der Waals surface area contributed by atoms with Gasteiger partial charge >= 0.3 is 5.97 Å². The lowest BCUT2D eigenvalue weighted by molar-refractivity contribution is -0.348. The van der Waals surface area contributed by atoms with Gasteiger partial charge < -0.3 is 59.4 Å². The van der Waals surface area contributed by atoms with Crippen LogP contribution >= 0.6 is 0 Å². The summed E-state index contributed by atoms with van der Waals surface area (Å²) in [4.78, 5) is 12.4. The number of ether oxygens (including phenoxy) is 5. The molecule has 1 saturated carbocycles. The Balaban J connectivity index is 1.47. The number of methoxy groups -OCH3 is 1. The zero-order valence-corrected chi connectivity index (χ0v) is 20.4. The number of fused-ring (bicyclic) bond motifs is 1. The van der Waals surface area contributed by atoms with Crippen LogP contribution in [-0.2, 0) is 23.7 Å². The number of carbonyl (C=O) groups excluding carboxylic acids is 1. The fourth-order valence-corrected chi connectivity index (χ4v) is 4.92. The Hall–Kier alpha value is -2.59. The van der Waals surface area contributed by atoms with Gasteiger partial charge in [0, 0.05) is 12.0 Å². The summed E-state index contributed by atoms with van der Waals surface area (Å²) >= 11 is 0. The van der Waals surface area contributed by atoms with Gasteiger partial charge in [0.2, 0.25) is 6.29 Å². The number of benzene rings is 1. The Morgan fingerprint density at radius 3 is 2.39 bits per heavy atom. The molecule has 3 aliphatic rings. The monoisotopic (exact) mass is 540 g/mol. The van der Waals surface area contributed by atoms with E-state index in [1.807, 2.05) is 0 Å². The van der Waals surface area contributed by atoms with Crippen molar-refractivity contribution < 1.29 is 64.2 Å². The lowest BCUT2D eigenvalue weighted by atomic mass is 9.83. The van der Waals surface area contributed by atoms with E-state index in [1.54, 1.807) is 24.3 Å². The second-order valence-electron chi connectivity index (χ2n) is 9.41. The molecule has 0 spiro atoms. The molecular formula is C25H32O13. The predicted molar refractivity (Wildman–Crippen MR) is 126 cm³/mol. The Labute approximate surface area is 217 Å². The highest BCUT2D eigenvalue weighted by atomic mass is 16.8. The first-order chi connectivity index (χ1) is 18.1. The fraction of sp³-hybridized carbons (Fsp3) is 0.560. The van der Waals surface area contributed by atoms with Crippen molar-refractivity contribution in [2.45, 2.75) is 54.8 Å². The third-order valence-corrected chi connectivity index (χ3v) is 7.12. The largest absolute Gasteiger partial charge is 0.497 e. The minimum Gasteiger partial charge on any atom is -0.497 e. The summed E-state index contributed by atoms with van der Waals surface area (Å²) in [6, 6.07) is 6.83. The van der Waals surface area contributed by atoms with E-state index in [9.17, 15) is 40.5 Å². The highest BCUT2D eigenvalue weighted by Gasteiger charge is 2.64.